The molecule has 0 unspecified atom stereocenters. The van der Waals surface area contributed by atoms with Crippen LogP contribution in [0, 0.1) is 11.3 Å². The van der Waals surface area contributed by atoms with Gasteiger partial charge in [0.1, 0.15) is 0 Å². The van der Waals surface area contributed by atoms with E-state index in [1.54, 1.807) is 6.20 Å². The van der Waals surface area contributed by atoms with E-state index in [0.29, 0.717) is 12.5 Å². The molecule has 5 nitrogen and oxygen atoms in total. The molecule has 1 aliphatic carbocycles. The van der Waals surface area contributed by atoms with Gasteiger partial charge in [0.15, 0.2) is 0 Å². The summed E-state index contributed by atoms with van der Waals surface area (Å²) < 4.78 is 1.85. The fraction of sp³-hybridized carbons (Fsp3) is 0.474. The average molecular weight is 324 g/mol. The maximum atomic E-state index is 13.0. The summed E-state index contributed by atoms with van der Waals surface area (Å²) >= 11 is 0. The number of aromatic nitrogens is 2. The number of amides is 1. The van der Waals surface area contributed by atoms with Crippen LogP contribution < -0.4 is 10.6 Å². The van der Waals surface area contributed by atoms with Crippen LogP contribution in [-0.4, -0.2) is 28.8 Å². The number of nitrogens with zero attached hydrogens (tertiary/aromatic N) is 2. The highest BCUT2D eigenvalue weighted by Crippen LogP contribution is 2.43. The van der Waals surface area contributed by atoms with Gasteiger partial charge in [-0.2, -0.15) is 5.10 Å². The summed E-state index contributed by atoms with van der Waals surface area (Å²) in [6, 6.07) is 10.0. The number of fused-ring (bicyclic) bond motifs is 1. The van der Waals surface area contributed by atoms with E-state index in [9.17, 15) is 4.79 Å². The van der Waals surface area contributed by atoms with Crippen LogP contribution in [0.1, 0.15) is 31.2 Å². The second kappa shape index (κ2) is 6.40. The van der Waals surface area contributed by atoms with Gasteiger partial charge in [-0.1, -0.05) is 31.0 Å². The molecule has 1 saturated heterocycles. The lowest BCUT2D eigenvalue weighted by Crippen LogP contribution is -2.47. The van der Waals surface area contributed by atoms with Crippen LogP contribution in [0.15, 0.2) is 42.7 Å². The van der Waals surface area contributed by atoms with Crippen LogP contribution >= 0.6 is 0 Å². The molecule has 1 saturated carbocycles. The Morgan fingerprint density at radius 1 is 1.33 bits per heavy atom. The number of hydrogen-bond acceptors (Lipinski definition) is 3. The van der Waals surface area contributed by atoms with E-state index < -0.39 is 0 Å². The number of rotatable bonds is 4. The first-order chi connectivity index (χ1) is 11.8. The van der Waals surface area contributed by atoms with E-state index in [1.807, 2.05) is 35.1 Å². The molecule has 1 aliphatic heterocycles. The quantitative estimate of drug-likeness (QED) is 0.907. The molecule has 2 aromatic rings. The molecule has 1 aromatic carbocycles. The molecule has 1 aromatic heterocycles. The van der Waals surface area contributed by atoms with Crippen molar-refractivity contribution in [1.29, 1.82) is 0 Å². The minimum atomic E-state index is -0.196. The highest BCUT2D eigenvalue weighted by molar-refractivity contribution is 5.84. The van der Waals surface area contributed by atoms with E-state index in [2.05, 4.69) is 21.8 Å². The Morgan fingerprint density at radius 2 is 2.25 bits per heavy atom. The number of para-hydroxylation sites is 1. The lowest BCUT2D eigenvalue weighted by molar-refractivity contribution is -0.134. The molecule has 2 atom stereocenters. The molecule has 2 fully saturated rings. The predicted molar refractivity (Wildman–Crippen MR) is 92.7 cm³/mol. The summed E-state index contributed by atoms with van der Waals surface area (Å²) in [5.74, 6) is 0.708. The van der Waals surface area contributed by atoms with Crippen LogP contribution in [-0.2, 0) is 11.3 Å². The van der Waals surface area contributed by atoms with Gasteiger partial charge in [-0.25, -0.2) is 4.68 Å². The van der Waals surface area contributed by atoms with E-state index in [4.69, 9.17) is 0 Å². The van der Waals surface area contributed by atoms with Crippen molar-refractivity contribution in [1.82, 2.24) is 20.4 Å². The lowest BCUT2D eigenvalue weighted by atomic mass is 9.67. The zero-order valence-electron chi connectivity index (χ0n) is 13.9. The van der Waals surface area contributed by atoms with Gasteiger partial charge in [0, 0.05) is 25.5 Å². The third-order valence-electron chi connectivity index (χ3n) is 5.67. The zero-order chi connectivity index (χ0) is 16.4. The first-order valence-corrected chi connectivity index (χ1v) is 8.86. The summed E-state index contributed by atoms with van der Waals surface area (Å²) in [5.41, 5.74) is 1.91. The molecule has 2 heterocycles. The summed E-state index contributed by atoms with van der Waals surface area (Å²) in [7, 11) is 0. The lowest BCUT2D eigenvalue weighted by Gasteiger charge is -2.37. The van der Waals surface area contributed by atoms with Gasteiger partial charge >= 0.3 is 0 Å². The first kappa shape index (κ1) is 15.4. The second-order valence-corrected chi connectivity index (χ2v) is 6.99. The van der Waals surface area contributed by atoms with Crippen molar-refractivity contribution in [3.8, 4) is 5.69 Å². The monoisotopic (exact) mass is 324 g/mol. The average Bonchev–Trinajstić information content (AvgIpc) is 3.29. The van der Waals surface area contributed by atoms with Crippen molar-refractivity contribution < 1.29 is 4.79 Å². The molecule has 0 bridgehead atoms. The van der Waals surface area contributed by atoms with Crippen LogP contribution in [0.3, 0.4) is 0 Å². The fourth-order valence-electron chi connectivity index (χ4n) is 4.34. The molecule has 126 valence electrons. The van der Waals surface area contributed by atoms with Gasteiger partial charge in [0.2, 0.25) is 5.91 Å². The van der Waals surface area contributed by atoms with Crippen molar-refractivity contribution in [2.45, 2.75) is 32.2 Å². The maximum absolute atomic E-state index is 13.0. The Labute approximate surface area is 142 Å². The van der Waals surface area contributed by atoms with Crippen molar-refractivity contribution in [3.63, 3.8) is 0 Å². The third kappa shape index (κ3) is 2.63. The van der Waals surface area contributed by atoms with Crippen LogP contribution in [0.5, 0.6) is 0 Å². The molecule has 1 amide bonds. The third-order valence-corrected chi connectivity index (χ3v) is 5.67. The number of benzene rings is 1. The van der Waals surface area contributed by atoms with Gasteiger partial charge in [-0.3, -0.25) is 4.79 Å². The van der Waals surface area contributed by atoms with Crippen molar-refractivity contribution in [2.75, 3.05) is 13.1 Å². The minimum Gasteiger partial charge on any atom is -0.351 e. The summed E-state index contributed by atoms with van der Waals surface area (Å²) in [5, 5.41) is 11.0. The predicted octanol–water partition coefficient (Wildman–Crippen LogP) is 2.27. The molecule has 5 heteroatoms. The molecular weight excluding hydrogens is 300 g/mol. The topological polar surface area (TPSA) is 59.0 Å². The Kier molecular flexibility index (Phi) is 4.10. The van der Waals surface area contributed by atoms with Crippen LogP contribution in [0.2, 0.25) is 0 Å². The molecular formula is C19H24N4O. The van der Waals surface area contributed by atoms with Crippen molar-refractivity contribution in [3.05, 3.63) is 48.3 Å². The zero-order valence-corrected chi connectivity index (χ0v) is 13.9. The Morgan fingerprint density at radius 3 is 3.12 bits per heavy atom. The first-order valence-electron chi connectivity index (χ1n) is 8.86. The Bertz CT molecular complexity index is 712. The molecule has 2 N–H and O–H groups in total. The van der Waals surface area contributed by atoms with Crippen molar-refractivity contribution >= 4 is 5.91 Å². The largest absolute Gasteiger partial charge is 0.351 e. The van der Waals surface area contributed by atoms with Gasteiger partial charge in [-0.05, 0) is 43.0 Å². The standard InChI is InChI=1S/C19H24N4O/c24-18(19-9-4-3-7-16(19)13-20-14-19)21-12-15-6-1-2-8-17(15)23-11-5-10-22-23/h1-2,5-6,8,10-11,16,20H,3-4,7,9,12-14H2,(H,21,24)/t16-,19+/m0/s1. The molecule has 2 aliphatic rings. The normalized spacial score (nSPS) is 26.1. The van der Waals surface area contributed by atoms with E-state index in [1.165, 1.54) is 12.8 Å². The molecule has 4 rings (SSSR count). The SMILES string of the molecule is O=C(NCc1ccccc1-n1cccn1)[C@@]12CCCC[C@H]1CNC2. The van der Waals surface area contributed by atoms with Gasteiger partial charge < -0.3 is 10.6 Å². The summed E-state index contributed by atoms with van der Waals surface area (Å²) in [6.45, 7) is 2.35. The number of carbonyl (C=O) groups is 1. The number of hydrogen-bond donors (Lipinski definition) is 2. The Hall–Kier alpha value is -2.14. The van der Waals surface area contributed by atoms with Gasteiger partial charge in [0.25, 0.3) is 0 Å². The Balaban J connectivity index is 1.50. The molecule has 24 heavy (non-hydrogen) atoms. The smallest absolute Gasteiger partial charge is 0.228 e. The number of nitrogens with one attached hydrogen (secondary N) is 2. The summed E-state index contributed by atoms with van der Waals surface area (Å²) in [6.07, 6.45) is 8.29. The summed E-state index contributed by atoms with van der Waals surface area (Å²) in [4.78, 5) is 13.0. The van der Waals surface area contributed by atoms with E-state index >= 15 is 0 Å². The maximum Gasteiger partial charge on any atom is 0.228 e. The van der Waals surface area contributed by atoms with Gasteiger partial charge in [-0.15, -0.1) is 0 Å². The highest BCUT2D eigenvalue weighted by atomic mass is 16.2. The van der Waals surface area contributed by atoms with E-state index in [0.717, 1.165) is 37.2 Å². The molecule has 0 radical (unpaired) electrons. The minimum absolute atomic E-state index is 0.196. The number of carbonyl (C=O) groups excluding carboxylic acids is 1. The van der Waals surface area contributed by atoms with Crippen LogP contribution in [0.25, 0.3) is 5.69 Å². The van der Waals surface area contributed by atoms with Crippen LogP contribution in [0.4, 0.5) is 0 Å². The molecule has 0 spiro atoms. The second-order valence-electron chi connectivity index (χ2n) is 6.99. The van der Waals surface area contributed by atoms with Crippen molar-refractivity contribution in [2.24, 2.45) is 11.3 Å². The fourth-order valence-corrected chi connectivity index (χ4v) is 4.34. The van der Waals surface area contributed by atoms with E-state index in [-0.39, 0.29) is 11.3 Å². The van der Waals surface area contributed by atoms with Gasteiger partial charge in [0.05, 0.1) is 11.1 Å². The highest BCUT2D eigenvalue weighted by Gasteiger charge is 2.49.